The number of benzene rings is 1. The Balaban J connectivity index is 1.71. The molecule has 0 aromatic heterocycles. The highest BCUT2D eigenvalue weighted by atomic mass is 16.5. The molecule has 0 aliphatic carbocycles. The molecule has 0 saturated carbocycles. The van der Waals surface area contributed by atoms with Gasteiger partial charge in [0.15, 0.2) is 0 Å². The number of piperidine rings is 1. The molecule has 1 aliphatic rings. The number of nitrogens with zero attached hydrogens (tertiary/aromatic N) is 2. The molecule has 4 nitrogen and oxygen atoms in total. The minimum atomic E-state index is 0.0184. The standard InChI is InChI=1S/C19H30N2O2/c1-15-12-16(2)14-21(13-15)10-5-11-23-18-8-6-17(7-9-18)19(22)20(3)4/h6-9,15-16H,5,10-14H2,1-4H3/t15-,16-/m0/s1. The zero-order valence-electron chi connectivity index (χ0n) is 14.9. The van der Waals surface area contributed by atoms with E-state index in [0.29, 0.717) is 5.56 Å². The fourth-order valence-electron chi connectivity index (χ4n) is 3.40. The van der Waals surface area contributed by atoms with Crippen molar-refractivity contribution in [3.8, 4) is 5.75 Å². The summed E-state index contributed by atoms with van der Waals surface area (Å²) >= 11 is 0. The minimum absolute atomic E-state index is 0.0184. The van der Waals surface area contributed by atoms with E-state index in [1.807, 2.05) is 24.3 Å². The van der Waals surface area contributed by atoms with Crippen molar-refractivity contribution in [1.82, 2.24) is 9.80 Å². The predicted octanol–water partition coefficient (Wildman–Crippen LogP) is 3.14. The fraction of sp³-hybridized carbons (Fsp3) is 0.632. The average Bonchev–Trinajstić information content (AvgIpc) is 2.50. The zero-order valence-corrected chi connectivity index (χ0v) is 14.9. The summed E-state index contributed by atoms with van der Waals surface area (Å²) in [7, 11) is 3.52. The van der Waals surface area contributed by atoms with Crippen molar-refractivity contribution in [3.63, 3.8) is 0 Å². The lowest BCUT2D eigenvalue weighted by molar-refractivity contribution is 0.0827. The van der Waals surface area contributed by atoms with Crippen LogP contribution in [-0.2, 0) is 0 Å². The Labute approximate surface area is 140 Å². The highest BCUT2D eigenvalue weighted by molar-refractivity contribution is 5.93. The second kappa shape index (κ2) is 8.34. The van der Waals surface area contributed by atoms with E-state index in [-0.39, 0.29) is 5.91 Å². The first kappa shape index (κ1) is 17.8. The van der Waals surface area contributed by atoms with Crippen LogP contribution in [-0.4, -0.2) is 56.0 Å². The van der Waals surface area contributed by atoms with Gasteiger partial charge in [-0.3, -0.25) is 4.79 Å². The zero-order chi connectivity index (χ0) is 16.8. The van der Waals surface area contributed by atoms with Gasteiger partial charge in [-0.2, -0.15) is 0 Å². The van der Waals surface area contributed by atoms with E-state index in [0.717, 1.165) is 37.2 Å². The van der Waals surface area contributed by atoms with Crippen molar-refractivity contribution in [3.05, 3.63) is 29.8 Å². The number of ether oxygens (including phenoxy) is 1. The molecule has 2 atom stereocenters. The normalized spacial score (nSPS) is 21.9. The Morgan fingerprint density at radius 3 is 2.35 bits per heavy atom. The van der Waals surface area contributed by atoms with E-state index in [1.54, 1.807) is 19.0 Å². The van der Waals surface area contributed by atoms with E-state index in [9.17, 15) is 4.79 Å². The van der Waals surface area contributed by atoms with Gasteiger partial charge in [0.1, 0.15) is 5.75 Å². The van der Waals surface area contributed by atoms with Crippen LogP contribution >= 0.6 is 0 Å². The first-order chi connectivity index (χ1) is 11.0. The molecule has 0 radical (unpaired) electrons. The van der Waals surface area contributed by atoms with Crippen LogP contribution < -0.4 is 4.74 Å². The Kier molecular flexibility index (Phi) is 6.46. The maximum absolute atomic E-state index is 11.8. The number of hydrogen-bond acceptors (Lipinski definition) is 3. The number of amides is 1. The monoisotopic (exact) mass is 318 g/mol. The molecule has 0 unspecified atom stereocenters. The van der Waals surface area contributed by atoms with Crippen LogP contribution in [0.4, 0.5) is 0 Å². The summed E-state index contributed by atoms with van der Waals surface area (Å²) in [4.78, 5) is 16.0. The number of hydrogen-bond donors (Lipinski definition) is 0. The van der Waals surface area contributed by atoms with Gasteiger partial charge in [-0.1, -0.05) is 13.8 Å². The molecular weight excluding hydrogens is 288 g/mol. The number of carbonyl (C=O) groups is 1. The lowest BCUT2D eigenvalue weighted by Gasteiger charge is -2.34. The van der Waals surface area contributed by atoms with Crippen molar-refractivity contribution >= 4 is 5.91 Å². The van der Waals surface area contributed by atoms with Gasteiger partial charge in [0.25, 0.3) is 5.91 Å². The van der Waals surface area contributed by atoms with Gasteiger partial charge in [0.2, 0.25) is 0 Å². The summed E-state index contributed by atoms with van der Waals surface area (Å²) in [5, 5.41) is 0. The average molecular weight is 318 g/mol. The largest absolute Gasteiger partial charge is 0.494 e. The fourth-order valence-corrected chi connectivity index (χ4v) is 3.40. The van der Waals surface area contributed by atoms with Gasteiger partial charge >= 0.3 is 0 Å². The van der Waals surface area contributed by atoms with Crippen LogP contribution in [0.3, 0.4) is 0 Å². The third-order valence-corrected chi connectivity index (χ3v) is 4.34. The van der Waals surface area contributed by atoms with Gasteiger partial charge < -0.3 is 14.5 Å². The molecule has 1 saturated heterocycles. The van der Waals surface area contributed by atoms with E-state index in [4.69, 9.17) is 4.74 Å². The quantitative estimate of drug-likeness (QED) is 0.756. The van der Waals surface area contributed by atoms with E-state index in [1.165, 1.54) is 19.5 Å². The summed E-state index contributed by atoms with van der Waals surface area (Å²) in [5.74, 6) is 2.47. The topological polar surface area (TPSA) is 32.8 Å². The smallest absolute Gasteiger partial charge is 0.253 e. The van der Waals surface area contributed by atoms with Crippen molar-refractivity contribution < 1.29 is 9.53 Å². The molecule has 23 heavy (non-hydrogen) atoms. The Bertz CT molecular complexity index is 489. The molecule has 0 spiro atoms. The molecule has 1 heterocycles. The molecule has 1 fully saturated rings. The molecule has 128 valence electrons. The second-order valence-corrected chi connectivity index (χ2v) is 7.13. The maximum atomic E-state index is 11.8. The van der Waals surface area contributed by atoms with Crippen LogP contribution in [0.5, 0.6) is 5.75 Å². The number of rotatable bonds is 6. The second-order valence-electron chi connectivity index (χ2n) is 7.13. The molecule has 0 N–H and O–H groups in total. The van der Waals surface area contributed by atoms with Crippen molar-refractivity contribution in [2.24, 2.45) is 11.8 Å². The highest BCUT2D eigenvalue weighted by Crippen LogP contribution is 2.21. The van der Waals surface area contributed by atoms with Crippen LogP contribution in [0.1, 0.15) is 37.0 Å². The first-order valence-electron chi connectivity index (χ1n) is 8.62. The number of carbonyl (C=O) groups excluding carboxylic acids is 1. The van der Waals surface area contributed by atoms with E-state index < -0.39 is 0 Å². The van der Waals surface area contributed by atoms with Crippen molar-refractivity contribution in [2.45, 2.75) is 26.7 Å². The summed E-state index contributed by atoms with van der Waals surface area (Å²) in [6.07, 6.45) is 2.39. The van der Waals surface area contributed by atoms with Gasteiger partial charge in [-0.25, -0.2) is 0 Å². The van der Waals surface area contributed by atoms with Crippen LogP contribution in [0.15, 0.2) is 24.3 Å². The SMILES string of the molecule is C[C@H]1C[C@H](C)CN(CCCOc2ccc(C(=O)N(C)C)cc2)C1. The lowest BCUT2D eigenvalue weighted by Crippen LogP contribution is -2.39. The molecular formula is C19H30N2O2. The first-order valence-corrected chi connectivity index (χ1v) is 8.62. The summed E-state index contributed by atoms with van der Waals surface area (Å²) in [6, 6.07) is 7.40. The molecule has 0 bridgehead atoms. The highest BCUT2D eigenvalue weighted by Gasteiger charge is 2.21. The molecule has 1 amide bonds. The van der Waals surface area contributed by atoms with Gasteiger partial charge in [0, 0.05) is 39.3 Å². The third kappa shape index (κ3) is 5.54. The van der Waals surface area contributed by atoms with E-state index >= 15 is 0 Å². The Hall–Kier alpha value is -1.55. The summed E-state index contributed by atoms with van der Waals surface area (Å²) in [6.45, 7) is 8.94. The molecule has 1 aromatic carbocycles. The van der Waals surface area contributed by atoms with Gasteiger partial charge in [0.05, 0.1) is 6.61 Å². The predicted molar refractivity (Wildman–Crippen MR) is 94.0 cm³/mol. The van der Waals surface area contributed by atoms with Crippen LogP contribution in [0.2, 0.25) is 0 Å². The summed E-state index contributed by atoms with van der Waals surface area (Å²) < 4.78 is 5.79. The molecule has 1 aromatic rings. The Morgan fingerprint density at radius 1 is 1.17 bits per heavy atom. The van der Waals surface area contributed by atoms with Gasteiger partial charge in [-0.15, -0.1) is 0 Å². The van der Waals surface area contributed by atoms with Crippen LogP contribution in [0, 0.1) is 11.8 Å². The van der Waals surface area contributed by atoms with Crippen molar-refractivity contribution in [1.29, 1.82) is 0 Å². The van der Waals surface area contributed by atoms with Crippen molar-refractivity contribution in [2.75, 3.05) is 40.3 Å². The lowest BCUT2D eigenvalue weighted by atomic mass is 9.92. The summed E-state index contributed by atoms with van der Waals surface area (Å²) in [5.41, 5.74) is 0.693. The molecule has 1 aliphatic heterocycles. The minimum Gasteiger partial charge on any atom is -0.494 e. The maximum Gasteiger partial charge on any atom is 0.253 e. The molecule has 2 rings (SSSR count). The number of likely N-dealkylation sites (tertiary alicyclic amines) is 1. The molecule has 4 heteroatoms. The third-order valence-electron chi connectivity index (χ3n) is 4.34. The van der Waals surface area contributed by atoms with E-state index in [2.05, 4.69) is 18.7 Å². The van der Waals surface area contributed by atoms with Crippen LogP contribution in [0.25, 0.3) is 0 Å². The Morgan fingerprint density at radius 2 is 1.78 bits per heavy atom. The van der Waals surface area contributed by atoms with Gasteiger partial charge in [-0.05, 0) is 48.9 Å².